The Kier molecular flexibility index (Phi) is 4.52. The molecular formula is C14H17Cl2NO. The fraction of sp³-hybridized carbons (Fsp3) is 0.500. The van der Waals surface area contributed by atoms with E-state index in [9.17, 15) is 4.79 Å². The average molecular weight is 286 g/mol. The van der Waals surface area contributed by atoms with Gasteiger partial charge in [0, 0.05) is 24.8 Å². The number of carbonyl (C=O) groups is 1. The lowest BCUT2D eigenvalue weighted by molar-refractivity contribution is -0.133. The summed E-state index contributed by atoms with van der Waals surface area (Å²) in [5.41, 5.74) is 0.809. The maximum Gasteiger partial charge on any atom is 0.233 e. The van der Waals surface area contributed by atoms with Gasteiger partial charge in [-0.1, -0.05) is 30.3 Å². The minimum atomic E-state index is -0.306. The van der Waals surface area contributed by atoms with Gasteiger partial charge in [0.2, 0.25) is 5.91 Å². The Morgan fingerprint density at radius 2 is 1.67 bits per heavy atom. The van der Waals surface area contributed by atoms with E-state index in [4.69, 9.17) is 23.2 Å². The van der Waals surface area contributed by atoms with Gasteiger partial charge in [-0.2, -0.15) is 0 Å². The molecule has 0 bridgehead atoms. The van der Waals surface area contributed by atoms with E-state index in [0.29, 0.717) is 24.8 Å². The standard InChI is InChI=1S/C14H17Cl2NO/c15-8-10-17(11-9-16)13(18)14(6-7-14)12-4-2-1-3-5-12/h1-5H,6-11H2. The lowest BCUT2D eigenvalue weighted by Gasteiger charge is -2.26. The molecule has 2 rings (SSSR count). The average Bonchev–Trinajstić information content (AvgIpc) is 3.20. The number of carbonyl (C=O) groups excluding carboxylic acids is 1. The van der Waals surface area contributed by atoms with Crippen molar-refractivity contribution in [1.82, 2.24) is 4.90 Å². The molecule has 0 heterocycles. The molecule has 0 saturated heterocycles. The van der Waals surface area contributed by atoms with Crippen LogP contribution in [-0.2, 0) is 10.2 Å². The second-order valence-corrected chi connectivity index (χ2v) is 5.37. The molecule has 0 atom stereocenters. The third-order valence-electron chi connectivity index (χ3n) is 3.48. The van der Waals surface area contributed by atoms with Crippen LogP contribution in [0.5, 0.6) is 0 Å². The summed E-state index contributed by atoms with van der Waals surface area (Å²) in [6, 6.07) is 10.0. The highest BCUT2D eigenvalue weighted by Crippen LogP contribution is 2.49. The van der Waals surface area contributed by atoms with Gasteiger partial charge in [0.1, 0.15) is 0 Å². The van der Waals surface area contributed by atoms with Crippen molar-refractivity contribution in [1.29, 1.82) is 0 Å². The van der Waals surface area contributed by atoms with Crippen molar-refractivity contribution in [2.45, 2.75) is 18.3 Å². The van der Waals surface area contributed by atoms with Crippen LogP contribution in [0.3, 0.4) is 0 Å². The van der Waals surface area contributed by atoms with Gasteiger partial charge < -0.3 is 4.90 Å². The summed E-state index contributed by atoms with van der Waals surface area (Å²) >= 11 is 11.5. The zero-order valence-electron chi connectivity index (χ0n) is 10.2. The minimum Gasteiger partial charge on any atom is -0.340 e. The summed E-state index contributed by atoms with van der Waals surface area (Å²) in [5, 5.41) is 0. The van der Waals surface area contributed by atoms with Gasteiger partial charge in [-0.15, -0.1) is 23.2 Å². The Morgan fingerprint density at radius 1 is 1.11 bits per heavy atom. The van der Waals surface area contributed by atoms with Gasteiger partial charge in [-0.25, -0.2) is 0 Å². The molecule has 0 aromatic heterocycles. The fourth-order valence-corrected chi connectivity index (χ4v) is 2.74. The monoisotopic (exact) mass is 285 g/mol. The van der Waals surface area contributed by atoms with Crippen LogP contribution in [-0.4, -0.2) is 35.7 Å². The molecule has 1 aromatic carbocycles. The molecule has 4 heteroatoms. The Balaban J connectivity index is 2.17. The Hall–Kier alpha value is -0.730. The highest BCUT2D eigenvalue weighted by Gasteiger charge is 2.52. The van der Waals surface area contributed by atoms with E-state index in [1.54, 1.807) is 4.90 Å². The van der Waals surface area contributed by atoms with Crippen molar-refractivity contribution < 1.29 is 4.79 Å². The third kappa shape index (κ3) is 2.65. The molecule has 0 unspecified atom stereocenters. The van der Waals surface area contributed by atoms with Crippen molar-refractivity contribution >= 4 is 29.1 Å². The molecular weight excluding hydrogens is 269 g/mol. The molecule has 0 aliphatic heterocycles. The SMILES string of the molecule is O=C(N(CCCl)CCCl)C1(c2ccccc2)CC1. The third-order valence-corrected chi connectivity index (χ3v) is 3.82. The normalized spacial score (nSPS) is 16.3. The predicted molar refractivity (Wildman–Crippen MR) is 75.4 cm³/mol. The highest BCUT2D eigenvalue weighted by atomic mass is 35.5. The maximum absolute atomic E-state index is 12.6. The first-order valence-electron chi connectivity index (χ1n) is 6.21. The van der Waals surface area contributed by atoms with Crippen LogP contribution in [0, 0.1) is 0 Å². The van der Waals surface area contributed by atoms with Crippen molar-refractivity contribution in [3.63, 3.8) is 0 Å². The van der Waals surface area contributed by atoms with Crippen molar-refractivity contribution in [2.75, 3.05) is 24.8 Å². The molecule has 0 N–H and O–H groups in total. The number of rotatable bonds is 6. The topological polar surface area (TPSA) is 20.3 Å². The molecule has 98 valence electrons. The molecule has 0 spiro atoms. The van der Waals surface area contributed by atoms with Crippen LogP contribution >= 0.6 is 23.2 Å². The summed E-state index contributed by atoms with van der Waals surface area (Å²) in [4.78, 5) is 14.4. The molecule has 1 saturated carbocycles. The van der Waals surface area contributed by atoms with E-state index in [2.05, 4.69) is 0 Å². The summed E-state index contributed by atoms with van der Waals surface area (Å²) in [7, 11) is 0. The number of benzene rings is 1. The first kappa shape index (κ1) is 13.7. The lowest BCUT2D eigenvalue weighted by atomic mass is 9.94. The summed E-state index contributed by atoms with van der Waals surface area (Å²) < 4.78 is 0. The maximum atomic E-state index is 12.6. The Bertz CT molecular complexity index is 398. The van der Waals surface area contributed by atoms with E-state index in [1.165, 1.54) is 0 Å². The van der Waals surface area contributed by atoms with Crippen LogP contribution in [0.15, 0.2) is 30.3 Å². The van der Waals surface area contributed by atoms with E-state index in [0.717, 1.165) is 18.4 Å². The highest BCUT2D eigenvalue weighted by molar-refractivity contribution is 6.18. The Labute approximate surface area is 118 Å². The van der Waals surface area contributed by atoms with Crippen molar-refractivity contribution in [2.24, 2.45) is 0 Å². The Morgan fingerprint density at radius 3 is 2.11 bits per heavy atom. The molecule has 1 aliphatic carbocycles. The summed E-state index contributed by atoms with van der Waals surface area (Å²) in [6.07, 6.45) is 1.85. The molecule has 0 radical (unpaired) electrons. The minimum absolute atomic E-state index is 0.176. The van der Waals surface area contributed by atoms with Gasteiger partial charge in [-0.3, -0.25) is 4.79 Å². The quantitative estimate of drug-likeness (QED) is 0.736. The van der Waals surface area contributed by atoms with E-state index in [-0.39, 0.29) is 11.3 Å². The van der Waals surface area contributed by atoms with Crippen LogP contribution in [0.4, 0.5) is 0 Å². The van der Waals surface area contributed by atoms with Gasteiger partial charge >= 0.3 is 0 Å². The zero-order valence-corrected chi connectivity index (χ0v) is 11.8. The van der Waals surface area contributed by atoms with Crippen LogP contribution in [0.25, 0.3) is 0 Å². The molecule has 1 aromatic rings. The number of hydrogen-bond donors (Lipinski definition) is 0. The number of halogens is 2. The van der Waals surface area contributed by atoms with E-state index in [1.807, 2.05) is 30.3 Å². The molecule has 2 nitrogen and oxygen atoms in total. The number of nitrogens with zero attached hydrogens (tertiary/aromatic N) is 1. The zero-order chi connectivity index (χ0) is 13.0. The summed E-state index contributed by atoms with van der Waals surface area (Å²) in [6.45, 7) is 1.14. The van der Waals surface area contributed by atoms with Gasteiger partial charge in [0.05, 0.1) is 5.41 Å². The number of alkyl halides is 2. The largest absolute Gasteiger partial charge is 0.340 e. The summed E-state index contributed by atoms with van der Waals surface area (Å²) in [5.74, 6) is 1.08. The van der Waals surface area contributed by atoms with Gasteiger partial charge in [-0.05, 0) is 18.4 Å². The first-order chi connectivity index (χ1) is 8.74. The molecule has 18 heavy (non-hydrogen) atoms. The van der Waals surface area contributed by atoms with E-state index < -0.39 is 0 Å². The fourth-order valence-electron chi connectivity index (χ4n) is 2.33. The molecule has 1 aliphatic rings. The second-order valence-electron chi connectivity index (χ2n) is 4.62. The number of amides is 1. The first-order valence-corrected chi connectivity index (χ1v) is 7.28. The lowest BCUT2D eigenvalue weighted by Crippen LogP contribution is -2.41. The van der Waals surface area contributed by atoms with Crippen LogP contribution in [0.1, 0.15) is 18.4 Å². The molecule has 1 fully saturated rings. The van der Waals surface area contributed by atoms with E-state index >= 15 is 0 Å². The predicted octanol–water partition coefficient (Wildman–Crippen LogP) is 3.02. The second kappa shape index (κ2) is 5.94. The van der Waals surface area contributed by atoms with Crippen LogP contribution < -0.4 is 0 Å². The van der Waals surface area contributed by atoms with Crippen molar-refractivity contribution in [3.8, 4) is 0 Å². The van der Waals surface area contributed by atoms with Gasteiger partial charge in [0.15, 0.2) is 0 Å². The van der Waals surface area contributed by atoms with Crippen molar-refractivity contribution in [3.05, 3.63) is 35.9 Å². The molecule has 1 amide bonds. The smallest absolute Gasteiger partial charge is 0.233 e. The number of hydrogen-bond acceptors (Lipinski definition) is 1. The van der Waals surface area contributed by atoms with Crippen LogP contribution in [0.2, 0.25) is 0 Å². The van der Waals surface area contributed by atoms with Gasteiger partial charge in [0.25, 0.3) is 0 Å².